The van der Waals surface area contributed by atoms with E-state index >= 15 is 0 Å². The van der Waals surface area contributed by atoms with E-state index in [2.05, 4.69) is 17.4 Å². The lowest BCUT2D eigenvalue weighted by Gasteiger charge is -2.31. The van der Waals surface area contributed by atoms with Crippen LogP contribution in [0.15, 0.2) is 35.1 Å². The summed E-state index contributed by atoms with van der Waals surface area (Å²) in [7, 11) is 5.21. The second-order valence-electron chi connectivity index (χ2n) is 12.8. The number of nitrogens with zero attached hydrogens (tertiary/aromatic N) is 4. The van der Waals surface area contributed by atoms with Gasteiger partial charge in [0.05, 0.1) is 29.3 Å². The Morgan fingerprint density at radius 3 is 2.81 bits per heavy atom. The van der Waals surface area contributed by atoms with E-state index < -0.39 is 17.6 Å². The van der Waals surface area contributed by atoms with Crippen LogP contribution in [-0.2, 0) is 39.7 Å². The van der Waals surface area contributed by atoms with E-state index in [0.29, 0.717) is 29.8 Å². The lowest BCUT2D eigenvalue weighted by Crippen LogP contribution is -2.39. The third-order valence-corrected chi connectivity index (χ3v) is 9.20. The number of pyridine rings is 1. The van der Waals surface area contributed by atoms with Gasteiger partial charge in [0, 0.05) is 44.6 Å². The molecule has 3 aromatic rings. The smallest absolute Gasteiger partial charge is 0.329 e. The predicted molar refractivity (Wildman–Crippen MR) is 168 cm³/mol. The number of benzene rings is 1. The van der Waals surface area contributed by atoms with Crippen molar-refractivity contribution in [2.45, 2.75) is 88.9 Å². The normalized spacial score (nSPS) is 19.5. The molecule has 3 heterocycles. The molecule has 1 aliphatic carbocycles. The number of aryl methyl sites for hydroxylation is 3. The summed E-state index contributed by atoms with van der Waals surface area (Å²) in [6.45, 7) is 5.94. The number of hydrogen-bond acceptors (Lipinski definition) is 7. The van der Waals surface area contributed by atoms with Crippen LogP contribution in [0.1, 0.15) is 75.2 Å². The van der Waals surface area contributed by atoms with E-state index in [0.717, 1.165) is 63.0 Å². The number of rotatable bonds is 13. The first kappa shape index (κ1) is 31.2. The second-order valence-corrected chi connectivity index (χ2v) is 12.8. The van der Waals surface area contributed by atoms with Crippen LogP contribution in [-0.4, -0.2) is 76.2 Å². The molecule has 10 heteroatoms. The predicted octanol–water partition coefficient (Wildman–Crippen LogP) is 4.49. The van der Waals surface area contributed by atoms with Crippen molar-refractivity contribution in [1.29, 1.82) is 0 Å². The second kappa shape index (κ2) is 13.2. The summed E-state index contributed by atoms with van der Waals surface area (Å²) in [6, 6.07) is 9.09. The maximum atomic E-state index is 13.4. The number of nitrogens with one attached hydrogen (secondary N) is 1. The molecule has 2 aromatic heterocycles. The number of para-hydroxylation sites is 1. The number of aromatic nitrogens is 3. The molecule has 234 valence electrons. The van der Waals surface area contributed by atoms with Crippen molar-refractivity contribution in [3.8, 4) is 0 Å². The SMILES string of the molecule is COCC(C)(C)n1c(=O)n(C)c2c([C@@H](C(=O)O)N(C)[C@H]3CC[C@H](OCCCCc4ccc5c(n4)NCCC5)C3)cccc21. The minimum atomic E-state index is -0.929. The number of ether oxygens (including phenoxy) is 2. The highest BCUT2D eigenvalue weighted by Crippen LogP contribution is 2.35. The van der Waals surface area contributed by atoms with Crippen LogP contribution in [0, 0.1) is 0 Å². The van der Waals surface area contributed by atoms with Crippen LogP contribution in [0.25, 0.3) is 11.0 Å². The van der Waals surface area contributed by atoms with Crippen molar-refractivity contribution in [3.05, 3.63) is 57.6 Å². The number of hydrogen-bond donors (Lipinski definition) is 2. The summed E-state index contributed by atoms with van der Waals surface area (Å²) in [5.41, 5.74) is 3.62. The molecule has 1 fully saturated rings. The Bertz CT molecular complexity index is 1490. The lowest BCUT2D eigenvalue weighted by atomic mass is 10.0. The van der Waals surface area contributed by atoms with Gasteiger partial charge in [-0.2, -0.15) is 0 Å². The van der Waals surface area contributed by atoms with Gasteiger partial charge < -0.3 is 19.9 Å². The molecule has 0 bridgehead atoms. The number of methoxy groups -OCH3 is 1. The largest absolute Gasteiger partial charge is 0.480 e. The molecule has 43 heavy (non-hydrogen) atoms. The van der Waals surface area contributed by atoms with Gasteiger partial charge in [-0.1, -0.05) is 18.2 Å². The van der Waals surface area contributed by atoms with Crippen molar-refractivity contribution >= 4 is 22.8 Å². The topological polar surface area (TPSA) is 111 Å². The molecule has 1 saturated carbocycles. The fourth-order valence-corrected chi connectivity index (χ4v) is 7.01. The fraction of sp³-hybridized carbons (Fsp3) is 0.606. The van der Waals surface area contributed by atoms with Gasteiger partial charge in [0.15, 0.2) is 0 Å². The molecule has 1 aliphatic heterocycles. The molecule has 0 spiro atoms. The van der Waals surface area contributed by atoms with Crippen LogP contribution in [0.2, 0.25) is 0 Å². The number of carboxylic acid groups (broad SMARTS) is 1. The molecular formula is C33H47N5O5. The standard InChI is InChI=1S/C33H47N5O5/c1-33(2,21-42-5)38-27-13-8-12-26(28(27)37(4)32(38)41)29(31(39)40)36(3)24-16-17-25(20-24)43-19-7-6-11-23-15-14-22-10-9-18-34-30(22)35-23/h8,12-15,24-25,29H,6-7,9-11,16-21H2,1-5H3,(H,34,35)(H,39,40)/t24-,25-,29-/m0/s1. The number of imidazole rings is 1. The van der Waals surface area contributed by atoms with E-state index in [1.54, 1.807) is 23.3 Å². The highest BCUT2D eigenvalue weighted by atomic mass is 16.5. The van der Waals surface area contributed by atoms with Crippen LogP contribution >= 0.6 is 0 Å². The number of aliphatic carboxylic acids is 1. The average molecular weight is 594 g/mol. The molecule has 2 aliphatic rings. The summed E-state index contributed by atoms with van der Waals surface area (Å²) >= 11 is 0. The number of carbonyl (C=O) groups is 1. The zero-order valence-corrected chi connectivity index (χ0v) is 26.3. The Kier molecular flexibility index (Phi) is 9.58. The third-order valence-electron chi connectivity index (χ3n) is 9.20. The summed E-state index contributed by atoms with van der Waals surface area (Å²) in [6.07, 6.45) is 7.87. The number of unbranched alkanes of at least 4 members (excludes halogenated alkanes) is 1. The van der Waals surface area contributed by atoms with Gasteiger partial charge in [-0.25, -0.2) is 9.78 Å². The van der Waals surface area contributed by atoms with Gasteiger partial charge in [0.2, 0.25) is 0 Å². The number of anilines is 1. The molecule has 10 nitrogen and oxygen atoms in total. The highest BCUT2D eigenvalue weighted by molar-refractivity contribution is 5.87. The van der Waals surface area contributed by atoms with Crippen molar-refractivity contribution in [2.75, 3.05) is 39.2 Å². The third kappa shape index (κ3) is 6.51. The molecule has 1 aromatic carbocycles. The molecule has 2 N–H and O–H groups in total. The fourth-order valence-electron chi connectivity index (χ4n) is 7.01. The Hall–Kier alpha value is -3.21. The van der Waals surface area contributed by atoms with Gasteiger partial charge >= 0.3 is 11.7 Å². The molecule has 0 amide bonds. The highest BCUT2D eigenvalue weighted by Gasteiger charge is 2.37. The first-order valence-corrected chi connectivity index (χ1v) is 15.6. The van der Waals surface area contributed by atoms with Crippen LogP contribution < -0.4 is 11.0 Å². The Labute approximate surface area is 254 Å². The van der Waals surface area contributed by atoms with Crippen LogP contribution in [0.5, 0.6) is 0 Å². The first-order valence-electron chi connectivity index (χ1n) is 15.6. The molecule has 3 atom stereocenters. The minimum absolute atomic E-state index is 0.0672. The molecule has 0 radical (unpaired) electrons. The van der Waals surface area contributed by atoms with Crippen molar-refractivity contribution in [1.82, 2.24) is 19.0 Å². The molecule has 5 rings (SSSR count). The van der Waals surface area contributed by atoms with Crippen LogP contribution in [0.3, 0.4) is 0 Å². The van der Waals surface area contributed by atoms with Crippen molar-refractivity contribution in [3.63, 3.8) is 0 Å². The zero-order valence-electron chi connectivity index (χ0n) is 26.3. The summed E-state index contributed by atoms with van der Waals surface area (Å²) in [4.78, 5) is 32.9. The minimum Gasteiger partial charge on any atom is -0.480 e. The van der Waals surface area contributed by atoms with E-state index in [-0.39, 0.29) is 17.8 Å². The lowest BCUT2D eigenvalue weighted by molar-refractivity contribution is -0.144. The van der Waals surface area contributed by atoms with Crippen molar-refractivity contribution < 1.29 is 19.4 Å². The van der Waals surface area contributed by atoms with Crippen molar-refractivity contribution in [2.24, 2.45) is 7.05 Å². The quantitative estimate of drug-likeness (QED) is 0.279. The summed E-state index contributed by atoms with van der Waals surface area (Å²) < 4.78 is 14.9. The van der Waals surface area contributed by atoms with Gasteiger partial charge in [-0.15, -0.1) is 0 Å². The summed E-state index contributed by atoms with van der Waals surface area (Å²) in [5, 5.41) is 13.9. The van der Waals surface area contributed by atoms with Crippen LogP contribution in [0.4, 0.5) is 5.82 Å². The van der Waals surface area contributed by atoms with Gasteiger partial charge in [-0.3, -0.25) is 18.8 Å². The average Bonchev–Trinajstić information content (AvgIpc) is 3.55. The number of carboxylic acids is 1. The zero-order chi connectivity index (χ0) is 30.7. The van der Waals surface area contributed by atoms with Gasteiger partial charge in [0.25, 0.3) is 0 Å². The summed E-state index contributed by atoms with van der Waals surface area (Å²) in [5.74, 6) is 0.119. The number of likely N-dealkylation sites (N-methyl/N-ethyl adjacent to an activating group) is 1. The van der Waals surface area contributed by atoms with E-state index in [9.17, 15) is 14.7 Å². The van der Waals surface area contributed by atoms with E-state index in [1.165, 1.54) is 12.0 Å². The monoisotopic (exact) mass is 593 g/mol. The Morgan fingerprint density at radius 2 is 2.05 bits per heavy atom. The molecule has 0 unspecified atom stereocenters. The van der Waals surface area contributed by atoms with E-state index in [4.69, 9.17) is 14.5 Å². The molecule has 0 saturated heterocycles. The Morgan fingerprint density at radius 1 is 1.23 bits per heavy atom. The Balaban J connectivity index is 1.21. The van der Waals surface area contributed by atoms with E-state index in [1.807, 2.05) is 44.0 Å². The maximum absolute atomic E-state index is 13.4. The van der Waals surface area contributed by atoms with Gasteiger partial charge in [-0.05, 0) is 90.0 Å². The van der Waals surface area contributed by atoms with Gasteiger partial charge in [0.1, 0.15) is 11.9 Å². The first-order chi connectivity index (χ1) is 20.6. The number of fused-ring (bicyclic) bond motifs is 2. The maximum Gasteiger partial charge on any atom is 0.329 e. The molecular weight excluding hydrogens is 546 g/mol.